The highest BCUT2D eigenvalue weighted by molar-refractivity contribution is 6.22. The normalized spacial score (nSPS) is 15.8. The maximum absolute atomic E-state index is 14.9. The van der Waals surface area contributed by atoms with Crippen LogP contribution in [0.4, 0.5) is 132 Å². The molecule has 0 aliphatic carbocycles. The molecule has 0 unspecified atom stereocenters. The maximum atomic E-state index is 14.9. The highest BCUT2D eigenvalue weighted by Gasteiger charge is 2.95. The number of fused-ring (bicyclic) bond motifs is 6. The van der Waals surface area contributed by atoms with Crippen LogP contribution in [0.25, 0.3) is 32.3 Å². The fraction of sp³-hybridized carbons (Fsp3) is 0.533. The number of nitrogens with zero attached hydrogens (tertiary/aromatic N) is 2. The van der Waals surface area contributed by atoms with Crippen LogP contribution >= 0.6 is 0 Å². The van der Waals surface area contributed by atoms with Gasteiger partial charge in [-0.1, -0.05) is 0 Å². The summed E-state index contributed by atoms with van der Waals surface area (Å²) in [5.41, 5.74) is -11.0. The van der Waals surface area contributed by atoms with Gasteiger partial charge < -0.3 is 0 Å². The van der Waals surface area contributed by atoms with Crippen LogP contribution in [0.1, 0.15) is 0 Å². The van der Waals surface area contributed by atoms with E-state index in [1.807, 2.05) is 0 Å². The standard InChI is InChI=1S/C30H8F30N2O4/c31-17(32,19(35,36)21(39,40)23(43,44)25(47,48)27(51,52)29(55,56)57)5-61-13(63)7-1-2-8(14(61)64)12-10-4-3-9(11(7)12)15(65)62(16(10)66)6-18(33,34)20(37,38)22(41,42)24(45,46)26(49,50)28(53,54)30(58,59)60/h1-4H,5-6H2. The van der Waals surface area contributed by atoms with Gasteiger partial charge in [-0.25, -0.2) is 0 Å². The van der Waals surface area contributed by atoms with Crippen LogP contribution in [-0.2, 0) is 13.1 Å². The summed E-state index contributed by atoms with van der Waals surface area (Å²) in [4.78, 5) is 53.0. The quantitative estimate of drug-likeness (QED) is 0.118. The zero-order valence-corrected chi connectivity index (χ0v) is 29.6. The van der Waals surface area contributed by atoms with Crippen molar-refractivity contribution in [1.82, 2.24) is 9.13 Å². The topological polar surface area (TPSA) is 78.1 Å². The van der Waals surface area contributed by atoms with Crippen molar-refractivity contribution in [2.45, 2.75) is 96.5 Å². The minimum Gasteiger partial charge on any atom is -0.269 e. The van der Waals surface area contributed by atoms with Crippen molar-refractivity contribution in [2.24, 2.45) is 0 Å². The Morgan fingerprint density at radius 3 is 0.621 bits per heavy atom. The number of halogens is 30. The number of benzene rings is 2. The van der Waals surface area contributed by atoms with Crippen LogP contribution in [0.5, 0.6) is 0 Å². The maximum Gasteiger partial charge on any atom is 0.460 e. The number of hydrogen-bond donors (Lipinski definition) is 0. The van der Waals surface area contributed by atoms with Crippen LogP contribution in [0.3, 0.4) is 0 Å². The predicted octanol–water partition coefficient (Wildman–Crippen LogP) is 9.81. The third-order valence-corrected chi connectivity index (χ3v) is 9.56. The fourth-order valence-electron chi connectivity index (χ4n) is 5.86. The van der Waals surface area contributed by atoms with Crippen LogP contribution in [-0.4, -0.2) is 92.6 Å². The highest BCUT2D eigenvalue weighted by atomic mass is 19.4. The zero-order chi connectivity index (χ0) is 52.2. The Labute approximate surface area is 336 Å². The number of hydrogen-bond acceptors (Lipinski definition) is 4. The Balaban J connectivity index is 1.96. The lowest BCUT2D eigenvalue weighted by Gasteiger charge is -2.41. The Bertz CT molecular complexity index is 2520. The van der Waals surface area contributed by atoms with E-state index in [1.165, 1.54) is 0 Å². The molecule has 0 saturated carbocycles. The van der Waals surface area contributed by atoms with Crippen molar-refractivity contribution in [1.29, 1.82) is 0 Å². The molecular formula is C30H8F30N2O4. The monoisotopic (exact) mass is 1030 g/mol. The molecule has 0 fully saturated rings. The molecule has 0 N–H and O–H groups in total. The molecule has 0 spiro atoms. The molecule has 372 valence electrons. The molecule has 36 heteroatoms. The molecular weight excluding hydrogens is 1020 g/mol. The van der Waals surface area contributed by atoms with Crippen molar-refractivity contribution >= 4 is 32.3 Å². The largest absolute Gasteiger partial charge is 0.460 e. The molecule has 0 radical (unpaired) electrons. The van der Waals surface area contributed by atoms with E-state index in [2.05, 4.69) is 0 Å². The van der Waals surface area contributed by atoms with Crippen molar-refractivity contribution < 1.29 is 132 Å². The summed E-state index contributed by atoms with van der Waals surface area (Å²) in [7, 11) is 0. The average Bonchev–Trinajstić information content (AvgIpc) is 3.41. The molecule has 6 rings (SSSR count). The highest BCUT2D eigenvalue weighted by Crippen LogP contribution is 2.64. The molecule has 0 atom stereocenters. The van der Waals surface area contributed by atoms with Crippen molar-refractivity contribution in [3.8, 4) is 0 Å². The first-order chi connectivity index (χ1) is 28.8. The molecule has 4 bridgehead atoms. The van der Waals surface area contributed by atoms with Crippen LogP contribution in [0.2, 0.25) is 0 Å². The van der Waals surface area contributed by atoms with Crippen LogP contribution in [0, 0.1) is 0 Å². The number of aromatic nitrogens is 2. The predicted molar refractivity (Wildman–Crippen MR) is 154 cm³/mol. The van der Waals surface area contributed by atoms with Crippen molar-refractivity contribution in [2.75, 3.05) is 0 Å². The second kappa shape index (κ2) is 14.2. The molecule has 6 nitrogen and oxygen atoms in total. The third-order valence-electron chi connectivity index (χ3n) is 9.56. The first-order valence-corrected chi connectivity index (χ1v) is 15.8. The molecule has 0 amide bonds. The van der Waals surface area contributed by atoms with E-state index in [1.54, 1.807) is 0 Å². The first-order valence-electron chi connectivity index (χ1n) is 15.8. The Kier molecular flexibility index (Phi) is 11.5. The molecule has 6 aromatic rings. The van der Waals surface area contributed by atoms with E-state index >= 15 is 0 Å². The minimum absolute atomic E-state index is 0.0414. The summed E-state index contributed by atoms with van der Waals surface area (Å²) < 4.78 is 410. The van der Waals surface area contributed by atoms with Gasteiger partial charge in [0.05, 0.1) is 13.1 Å². The molecule has 4 heterocycles. The molecule has 66 heavy (non-hydrogen) atoms. The van der Waals surface area contributed by atoms with E-state index in [4.69, 9.17) is 0 Å². The van der Waals surface area contributed by atoms with E-state index < -0.39 is 160 Å². The van der Waals surface area contributed by atoms with Gasteiger partial charge in [0.15, 0.2) is 0 Å². The van der Waals surface area contributed by atoms with Gasteiger partial charge in [-0.15, -0.1) is 0 Å². The Morgan fingerprint density at radius 2 is 0.439 bits per heavy atom. The summed E-state index contributed by atoms with van der Waals surface area (Å²) in [6.07, 6.45) is -16.0. The molecule has 4 aromatic heterocycles. The van der Waals surface area contributed by atoms with E-state index in [0.717, 1.165) is 0 Å². The van der Waals surface area contributed by atoms with Crippen molar-refractivity contribution in [3.63, 3.8) is 0 Å². The van der Waals surface area contributed by atoms with Gasteiger partial charge >= 0.3 is 83.4 Å². The molecule has 2 aromatic carbocycles. The summed E-state index contributed by atoms with van der Waals surface area (Å²) in [6, 6.07) is 0.165. The minimum atomic E-state index is -8.86. The molecule has 0 aliphatic rings. The number of rotatable bonds is 14. The summed E-state index contributed by atoms with van der Waals surface area (Å²) >= 11 is 0. The van der Waals surface area contributed by atoms with Gasteiger partial charge in [0.2, 0.25) is 0 Å². The van der Waals surface area contributed by atoms with E-state index in [0.29, 0.717) is 0 Å². The van der Waals surface area contributed by atoms with Gasteiger partial charge in [0.25, 0.3) is 22.2 Å². The van der Waals surface area contributed by atoms with Crippen molar-refractivity contribution in [3.05, 3.63) is 65.7 Å². The lowest BCUT2D eigenvalue weighted by atomic mass is 9.91. The second-order valence-corrected chi connectivity index (χ2v) is 13.6. The van der Waals surface area contributed by atoms with Gasteiger partial charge in [-0.3, -0.25) is 28.3 Å². The van der Waals surface area contributed by atoms with Crippen LogP contribution in [0.15, 0.2) is 43.4 Å². The zero-order valence-electron chi connectivity index (χ0n) is 29.6. The van der Waals surface area contributed by atoms with E-state index in [9.17, 15) is 151 Å². The summed E-state index contributed by atoms with van der Waals surface area (Å²) in [5.74, 6) is -101. The van der Waals surface area contributed by atoms with Crippen LogP contribution < -0.4 is 22.2 Å². The number of alkyl halides is 30. The summed E-state index contributed by atoms with van der Waals surface area (Å²) in [5, 5.41) is -10.3. The molecule has 0 aliphatic heterocycles. The van der Waals surface area contributed by atoms with Gasteiger partial charge in [-0.2, -0.15) is 132 Å². The summed E-state index contributed by atoms with van der Waals surface area (Å²) in [6.45, 7) is -7.72. The van der Waals surface area contributed by atoms with E-state index in [-0.39, 0.29) is 24.3 Å². The Morgan fingerprint density at radius 1 is 0.273 bits per heavy atom. The molecule has 0 saturated heterocycles. The van der Waals surface area contributed by atoms with Gasteiger partial charge in [0, 0.05) is 32.3 Å². The fourth-order valence-corrected chi connectivity index (χ4v) is 5.86. The van der Waals surface area contributed by atoms with Gasteiger partial charge in [0.1, 0.15) is 0 Å². The Hall–Kier alpha value is -5.12. The third kappa shape index (κ3) is 6.45. The average molecular weight is 1030 g/mol. The first kappa shape index (κ1) is 53.5. The smallest absolute Gasteiger partial charge is 0.269 e. The SMILES string of the molecule is O=c1c2ccc(c(=O)n1CC(F)(F)C(F)(F)C(F)(F)C(F)(F)C(F)(F)C(F)(F)C(F)(F)F)c1c3ccc(c(=O)n(CC(F)(F)C(F)(F)C(F)(F)C(F)(F)C(F)(F)C(F)(F)C(F)(F)F)c3=O)c21. The second-order valence-electron chi connectivity index (χ2n) is 13.6. The van der Waals surface area contributed by atoms with Gasteiger partial charge in [-0.05, 0) is 24.3 Å². The lowest BCUT2D eigenvalue weighted by molar-refractivity contribution is -0.453. The lowest BCUT2D eigenvalue weighted by Crippen LogP contribution is -2.73.